The first-order chi connectivity index (χ1) is 11.2. The molecule has 126 valence electrons. The Bertz CT molecular complexity index is 846. The van der Waals surface area contributed by atoms with Gasteiger partial charge in [-0.15, -0.1) is 11.3 Å². The van der Waals surface area contributed by atoms with Crippen LogP contribution in [0, 0.1) is 20.8 Å². The lowest BCUT2D eigenvalue weighted by molar-refractivity contribution is 0.0975. The van der Waals surface area contributed by atoms with Crippen LogP contribution >= 0.6 is 39.5 Å². The van der Waals surface area contributed by atoms with E-state index < -0.39 is 5.91 Å². The molecule has 0 fully saturated rings. The molecule has 2 aromatic rings. The van der Waals surface area contributed by atoms with E-state index in [-0.39, 0.29) is 11.0 Å². The Morgan fingerprint density at radius 1 is 1.25 bits per heavy atom. The number of thiocarbonyl (C=S) groups is 1. The Morgan fingerprint density at radius 2 is 1.92 bits per heavy atom. The number of nitrogens with one attached hydrogen (secondary N) is 2. The first-order valence-electron chi connectivity index (χ1n) is 6.99. The van der Waals surface area contributed by atoms with Gasteiger partial charge in [-0.25, -0.2) is 0 Å². The number of hydrogen-bond donors (Lipinski definition) is 3. The van der Waals surface area contributed by atoms with Gasteiger partial charge in [-0.2, -0.15) is 0 Å². The van der Waals surface area contributed by atoms with Crippen molar-refractivity contribution >= 4 is 61.4 Å². The van der Waals surface area contributed by atoms with Crippen LogP contribution in [0.3, 0.4) is 0 Å². The lowest BCUT2D eigenvalue weighted by Crippen LogP contribution is -2.34. The molecule has 0 aliphatic carbocycles. The van der Waals surface area contributed by atoms with Crippen LogP contribution in [0.15, 0.2) is 22.7 Å². The second-order valence-electron chi connectivity index (χ2n) is 5.22. The van der Waals surface area contributed by atoms with Gasteiger partial charge < -0.3 is 11.1 Å². The summed E-state index contributed by atoms with van der Waals surface area (Å²) in [4.78, 5) is 24.8. The summed E-state index contributed by atoms with van der Waals surface area (Å²) in [6, 6.07) is 5.28. The van der Waals surface area contributed by atoms with Gasteiger partial charge in [0.15, 0.2) is 5.11 Å². The lowest BCUT2D eigenvalue weighted by atomic mass is 10.1. The molecule has 0 aliphatic rings. The van der Waals surface area contributed by atoms with Gasteiger partial charge in [0.1, 0.15) is 5.00 Å². The topological polar surface area (TPSA) is 84.2 Å². The maximum absolute atomic E-state index is 12.3. The van der Waals surface area contributed by atoms with Crippen molar-refractivity contribution in [3.8, 4) is 0 Å². The number of thiophene rings is 1. The van der Waals surface area contributed by atoms with Crippen molar-refractivity contribution in [2.24, 2.45) is 5.73 Å². The molecule has 24 heavy (non-hydrogen) atoms. The molecule has 0 bridgehead atoms. The molecular weight excluding hydrogens is 410 g/mol. The largest absolute Gasteiger partial charge is 0.365 e. The molecule has 0 unspecified atom stereocenters. The van der Waals surface area contributed by atoms with Crippen molar-refractivity contribution in [2.75, 3.05) is 5.32 Å². The Morgan fingerprint density at radius 3 is 2.50 bits per heavy atom. The van der Waals surface area contributed by atoms with Gasteiger partial charge >= 0.3 is 0 Å². The number of amides is 2. The summed E-state index contributed by atoms with van der Waals surface area (Å²) in [5, 5.41) is 6.13. The van der Waals surface area contributed by atoms with Gasteiger partial charge in [0.25, 0.3) is 11.8 Å². The van der Waals surface area contributed by atoms with Crippen LogP contribution in [0.1, 0.15) is 36.7 Å². The zero-order valence-corrected chi connectivity index (χ0v) is 16.5. The Balaban J connectivity index is 2.14. The van der Waals surface area contributed by atoms with Gasteiger partial charge in [-0.05, 0) is 56.2 Å². The monoisotopic (exact) mass is 425 g/mol. The Kier molecular flexibility index (Phi) is 5.74. The highest BCUT2D eigenvalue weighted by atomic mass is 79.9. The summed E-state index contributed by atoms with van der Waals surface area (Å²) >= 11 is 9.93. The number of nitrogens with two attached hydrogens (primary N) is 1. The van der Waals surface area contributed by atoms with Crippen LogP contribution in [-0.4, -0.2) is 16.9 Å². The second kappa shape index (κ2) is 7.42. The van der Waals surface area contributed by atoms with Gasteiger partial charge in [-0.3, -0.25) is 14.9 Å². The van der Waals surface area contributed by atoms with Crippen molar-refractivity contribution in [1.82, 2.24) is 5.32 Å². The Hall–Kier alpha value is -1.77. The zero-order valence-electron chi connectivity index (χ0n) is 13.3. The molecule has 0 aliphatic heterocycles. The van der Waals surface area contributed by atoms with Crippen LogP contribution in [0.25, 0.3) is 0 Å². The van der Waals surface area contributed by atoms with Crippen molar-refractivity contribution in [2.45, 2.75) is 20.8 Å². The van der Waals surface area contributed by atoms with Gasteiger partial charge in [-0.1, -0.05) is 22.0 Å². The lowest BCUT2D eigenvalue weighted by Gasteiger charge is -2.10. The third-order valence-electron chi connectivity index (χ3n) is 3.52. The molecule has 4 N–H and O–H groups in total. The SMILES string of the molecule is Cc1ccc(C(=O)NC(=S)Nc2sc(C)c(C)c2C(N)=O)cc1Br. The maximum atomic E-state index is 12.3. The first-order valence-corrected chi connectivity index (χ1v) is 9.00. The smallest absolute Gasteiger partial charge is 0.257 e. The molecule has 5 nitrogen and oxygen atoms in total. The quantitative estimate of drug-likeness (QED) is 0.654. The fraction of sp³-hybridized carbons (Fsp3) is 0.188. The number of benzene rings is 1. The van der Waals surface area contributed by atoms with Crippen LogP contribution in [0.2, 0.25) is 0 Å². The number of aryl methyl sites for hydroxylation is 2. The molecule has 0 radical (unpaired) electrons. The minimum Gasteiger partial charge on any atom is -0.365 e. The highest BCUT2D eigenvalue weighted by molar-refractivity contribution is 9.10. The summed E-state index contributed by atoms with van der Waals surface area (Å²) < 4.78 is 0.842. The van der Waals surface area contributed by atoms with E-state index in [1.807, 2.05) is 26.8 Å². The zero-order chi connectivity index (χ0) is 18.0. The molecule has 2 rings (SSSR count). The molecule has 0 saturated carbocycles. The number of carbonyl (C=O) groups is 2. The summed E-state index contributed by atoms with van der Waals surface area (Å²) in [5.74, 6) is -0.866. The number of primary amides is 1. The molecule has 2 amide bonds. The van der Waals surface area contributed by atoms with Crippen molar-refractivity contribution in [3.05, 3.63) is 49.8 Å². The van der Waals surface area contributed by atoms with Crippen molar-refractivity contribution in [1.29, 1.82) is 0 Å². The molecule has 0 atom stereocenters. The molecule has 0 spiro atoms. The minimum atomic E-state index is -0.532. The molecule has 1 heterocycles. The predicted molar refractivity (Wildman–Crippen MR) is 105 cm³/mol. The second-order valence-corrected chi connectivity index (χ2v) is 7.71. The average Bonchev–Trinajstić information content (AvgIpc) is 2.76. The molecule has 1 aromatic heterocycles. The molecular formula is C16H16BrN3O2S2. The van der Waals surface area contributed by atoms with Crippen LogP contribution in [0.4, 0.5) is 5.00 Å². The maximum Gasteiger partial charge on any atom is 0.257 e. The van der Waals surface area contributed by atoms with Gasteiger partial charge in [0, 0.05) is 14.9 Å². The predicted octanol–water partition coefficient (Wildman–Crippen LogP) is 3.66. The van der Waals surface area contributed by atoms with Gasteiger partial charge in [0.05, 0.1) is 5.56 Å². The third kappa shape index (κ3) is 4.00. The molecule has 1 aromatic carbocycles. The molecule has 0 saturated heterocycles. The number of rotatable bonds is 3. The van der Waals surface area contributed by atoms with Crippen LogP contribution in [-0.2, 0) is 0 Å². The van der Waals surface area contributed by atoms with E-state index >= 15 is 0 Å². The van der Waals surface area contributed by atoms with Gasteiger partial charge in [0.2, 0.25) is 0 Å². The van der Waals surface area contributed by atoms with E-state index in [9.17, 15) is 9.59 Å². The number of hydrogen-bond acceptors (Lipinski definition) is 4. The van der Waals surface area contributed by atoms with E-state index in [0.717, 1.165) is 20.5 Å². The summed E-state index contributed by atoms with van der Waals surface area (Å²) in [5.41, 5.74) is 8.13. The summed E-state index contributed by atoms with van der Waals surface area (Å²) in [6.45, 7) is 5.65. The normalized spacial score (nSPS) is 10.3. The molecule has 8 heteroatoms. The average molecular weight is 426 g/mol. The van der Waals surface area contributed by atoms with Crippen LogP contribution in [0.5, 0.6) is 0 Å². The van der Waals surface area contributed by atoms with E-state index in [1.54, 1.807) is 12.1 Å². The highest BCUT2D eigenvalue weighted by Gasteiger charge is 2.18. The fourth-order valence-corrected chi connectivity index (χ4v) is 3.76. The third-order valence-corrected chi connectivity index (χ3v) is 5.70. The van der Waals surface area contributed by atoms with Crippen molar-refractivity contribution in [3.63, 3.8) is 0 Å². The fourth-order valence-electron chi connectivity index (χ4n) is 2.06. The number of halogens is 1. The number of carbonyl (C=O) groups excluding carboxylic acids is 2. The number of anilines is 1. The minimum absolute atomic E-state index is 0.112. The van der Waals surface area contributed by atoms with E-state index in [1.165, 1.54) is 11.3 Å². The van der Waals surface area contributed by atoms with E-state index in [2.05, 4.69) is 26.6 Å². The summed E-state index contributed by atoms with van der Waals surface area (Å²) in [7, 11) is 0. The highest BCUT2D eigenvalue weighted by Crippen LogP contribution is 2.31. The van der Waals surface area contributed by atoms with Crippen molar-refractivity contribution < 1.29 is 9.59 Å². The summed E-state index contributed by atoms with van der Waals surface area (Å²) in [6.07, 6.45) is 0. The van der Waals surface area contributed by atoms with Crippen LogP contribution < -0.4 is 16.4 Å². The standard InChI is InChI=1S/C16H16BrN3O2S2/c1-7-4-5-10(6-11(7)17)14(22)19-16(23)20-15-12(13(18)21)8(2)9(3)24-15/h4-6H,1-3H3,(H2,18,21)(H2,19,20,22,23). The van der Waals surface area contributed by atoms with E-state index in [0.29, 0.717) is 16.1 Å². The first kappa shape index (κ1) is 18.6. The van der Waals surface area contributed by atoms with E-state index in [4.69, 9.17) is 18.0 Å². The Labute approximate surface area is 157 Å².